The molecule has 0 spiro atoms. The summed E-state index contributed by atoms with van der Waals surface area (Å²) in [5.41, 5.74) is 8.02. The van der Waals surface area contributed by atoms with Gasteiger partial charge in [0.05, 0.1) is 12.6 Å². The van der Waals surface area contributed by atoms with Crippen molar-refractivity contribution in [3.05, 3.63) is 10.4 Å². The Morgan fingerprint density at radius 2 is 2.54 bits per heavy atom. The molecule has 0 aliphatic carbocycles. The fourth-order valence-electron chi connectivity index (χ4n) is 1.54. The van der Waals surface area contributed by atoms with Crippen LogP contribution in [0.3, 0.4) is 0 Å². The molecule has 0 radical (unpaired) electrons. The lowest BCUT2D eigenvalue weighted by Gasteiger charge is -2.21. The predicted octanol–water partition coefficient (Wildman–Crippen LogP) is 0.280. The van der Waals surface area contributed by atoms with Gasteiger partial charge >= 0.3 is 0 Å². The lowest BCUT2D eigenvalue weighted by Crippen LogP contribution is -2.38. The van der Waals surface area contributed by atoms with Gasteiger partial charge in [0.1, 0.15) is 6.54 Å². The molecule has 0 bridgehead atoms. The van der Waals surface area contributed by atoms with Crippen molar-refractivity contribution in [2.75, 3.05) is 19.7 Å². The van der Waals surface area contributed by atoms with Gasteiger partial charge in [-0.25, -0.2) is 0 Å². The fourth-order valence-corrected chi connectivity index (χ4v) is 1.54. The number of rotatable bonds is 3. The Morgan fingerprint density at radius 1 is 1.77 bits per heavy atom. The van der Waals surface area contributed by atoms with E-state index in [0.717, 1.165) is 12.8 Å². The normalized spacial score (nSPS) is 21.3. The third-order valence-corrected chi connectivity index (χ3v) is 2.18. The second-order valence-electron chi connectivity index (χ2n) is 2.95. The predicted molar refractivity (Wildman–Crippen MR) is 45.8 cm³/mol. The Hall–Kier alpha value is -1.26. The van der Waals surface area contributed by atoms with E-state index in [-0.39, 0.29) is 25.1 Å². The second-order valence-corrected chi connectivity index (χ2v) is 2.95. The summed E-state index contributed by atoms with van der Waals surface area (Å²) in [4.78, 5) is 15.4. The SMILES string of the molecule is [N-]=[N+]=NCC(=O)N1CCC[C@@H]1CO. The van der Waals surface area contributed by atoms with Gasteiger partial charge in [0.25, 0.3) is 0 Å². The van der Waals surface area contributed by atoms with Gasteiger partial charge in [-0.1, -0.05) is 5.11 Å². The van der Waals surface area contributed by atoms with Crippen molar-refractivity contribution in [2.24, 2.45) is 5.11 Å². The van der Waals surface area contributed by atoms with E-state index < -0.39 is 0 Å². The Kier molecular flexibility index (Phi) is 3.54. The highest BCUT2D eigenvalue weighted by Gasteiger charge is 2.26. The third kappa shape index (κ3) is 2.34. The number of carbonyl (C=O) groups excluding carboxylic acids is 1. The Balaban J connectivity index is 2.49. The zero-order valence-electron chi connectivity index (χ0n) is 7.26. The van der Waals surface area contributed by atoms with Crippen LogP contribution < -0.4 is 0 Å². The molecule has 1 aliphatic heterocycles. The van der Waals surface area contributed by atoms with Crippen molar-refractivity contribution in [1.82, 2.24) is 4.90 Å². The summed E-state index contributed by atoms with van der Waals surface area (Å²) >= 11 is 0. The number of aliphatic hydroxyl groups excluding tert-OH is 1. The van der Waals surface area contributed by atoms with Gasteiger partial charge in [0.2, 0.25) is 5.91 Å². The number of hydrogen-bond donors (Lipinski definition) is 1. The summed E-state index contributed by atoms with van der Waals surface area (Å²) in [6, 6.07) is -0.0820. The smallest absolute Gasteiger partial charge is 0.228 e. The molecule has 0 saturated carbocycles. The van der Waals surface area contributed by atoms with E-state index in [0.29, 0.717) is 6.54 Å². The first-order chi connectivity index (χ1) is 6.29. The minimum absolute atomic E-state index is 0.0119. The molecular weight excluding hydrogens is 172 g/mol. The molecule has 72 valence electrons. The first-order valence-electron chi connectivity index (χ1n) is 4.20. The van der Waals surface area contributed by atoms with Crippen LogP contribution in [0, 0.1) is 0 Å². The number of amides is 1. The topological polar surface area (TPSA) is 89.3 Å². The molecule has 1 saturated heterocycles. The molecule has 1 rings (SSSR count). The zero-order chi connectivity index (χ0) is 9.68. The first-order valence-corrected chi connectivity index (χ1v) is 4.20. The van der Waals surface area contributed by atoms with Crippen LogP contribution in [-0.4, -0.2) is 41.7 Å². The zero-order valence-corrected chi connectivity index (χ0v) is 7.26. The minimum Gasteiger partial charge on any atom is -0.394 e. The maximum absolute atomic E-state index is 11.3. The molecular formula is C7H12N4O2. The van der Waals surface area contributed by atoms with E-state index in [4.69, 9.17) is 10.6 Å². The van der Waals surface area contributed by atoms with E-state index >= 15 is 0 Å². The average Bonchev–Trinajstić information content (AvgIpc) is 2.61. The van der Waals surface area contributed by atoms with Crippen molar-refractivity contribution in [2.45, 2.75) is 18.9 Å². The van der Waals surface area contributed by atoms with Crippen LogP contribution in [-0.2, 0) is 4.79 Å². The molecule has 6 nitrogen and oxygen atoms in total. The van der Waals surface area contributed by atoms with Gasteiger partial charge in [0.15, 0.2) is 0 Å². The number of nitrogens with zero attached hydrogens (tertiary/aromatic N) is 4. The van der Waals surface area contributed by atoms with Crippen molar-refractivity contribution >= 4 is 5.91 Å². The summed E-state index contributed by atoms with van der Waals surface area (Å²) in [6.07, 6.45) is 1.74. The Labute approximate surface area is 75.8 Å². The van der Waals surface area contributed by atoms with E-state index in [1.54, 1.807) is 4.90 Å². The fraction of sp³-hybridized carbons (Fsp3) is 0.857. The molecule has 1 amide bonds. The summed E-state index contributed by atoms with van der Waals surface area (Å²) in [5, 5.41) is 12.1. The molecule has 1 fully saturated rings. The number of aliphatic hydroxyl groups is 1. The molecule has 0 unspecified atom stereocenters. The summed E-state index contributed by atoms with van der Waals surface area (Å²) in [7, 11) is 0. The van der Waals surface area contributed by atoms with Crippen LogP contribution >= 0.6 is 0 Å². The molecule has 6 heteroatoms. The van der Waals surface area contributed by atoms with Crippen LogP contribution in [0.5, 0.6) is 0 Å². The van der Waals surface area contributed by atoms with Gasteiger partial charge in [-0.15, -0.1) is 0 Å². The van der Waals surface area contributed by atoms with Crippen LogP contribution in [0.25, 0.3) is 10.4 Å². The molecule has 0 aromatic carbocycles. The Bertz CT molecular complexity index is 237. The lowest BCUT2D eigenvalue weighted by atomic mass is 10.2. The van der Waals surface area contributed by atoms with Crippen molar-refractivity contribution in [3.63, 3.8) is 0 Å². The second kappa shape index (κ2) is 4.69. The third-order valence-electron chi connectivity index (χ3n) is 2.18. The lowest BCUT2D eigenvalue weighted by molar-refractivity contribution is -0.131. The highest BCUT2D eigenvalue weighted by atomic mass is 16.3. The summed E-state index contributed by atoms with van der Waals surface area (Å²) < 4.78 is 0. The van der Waals surface area contributed by atoms with Crippen molar-refractivity contribution in [1.29, 1.82) is 0 Å². The number of hydrogen-bond acceptors (Lipinski definition) is 3. The van der Waals surface area contributed by atoms with Crippen LogP contribution in [0.1, 0.15) is 12.8 Å². The van der Waals surface area contributed by atoms with Crippen LogP contribution in [0.2, 0.25) is 0 Å². The highest BCUT2D eigenvalue weighted by Crippen LogP contribution is 2.16. The monoisotopic (exact) mass is 184 g/mol. The van der Waals surface area contributed by atoms with Gasteiger partial charge in [-0.3, -0.25) is 4.79 Å². The standard InChI is InChI=1S/C7H12N4O2/c8-10-9-4-7(13)11-3-1-2-6(11)5-12/h6,12H,1-5H2/t6-/m1/s1. The van der Waals surface area contributed by atoms with E-state index in [2.05, 4.69) is 10.0 Å². The Morgan fingerprint density at radius 3 is 3.15 bits per heavy atom. The highest BCUT2D eigenvalue weighted by molar-refractivity contribution is 5.79. The van der Waals surface area contributed by atoms with Gasteiger partial charge < -0.3 is 10.0 Å². The molecule has 13 heavy (non-hydrogen) atoms. The van der Waals surface area contributed by atoms with Gasteiger partial charge in [-0.2, -0.15) is 0 Å². The maximum atomic E-state index is 11.3. The van der Waals surface area contributed by atoms with E-state index in [1.807, 2.05) is 0 Å². The first kappa shape index (κ1) is 9.83. The molecule has 1 atom stereocenters. The summed E-state index contributed by atoms with van der Waals surface area (Å²) in [6.45, 7) is 0.500. The number of carbonyl (C=O) groups is 1. The van der Waals surface area contributed by atoms with Crippen LogP contribution in [0.4, 0.5) is 0 Å². The van der Waals surface area contributed by atoms with Gasteiger partial charge in [-0.05, 0) is 18.4 Å². The van der Waals surface area contributed by atoms with Crippen molar-refractivity contribution < 1.29 is 9.90 Å². The molecule has 1 heterocycles. The van der Waals surface area contributed by atoms with E-state index in [9.17, 15) is 4.79 Å². The molecule has 1 N–H and O–H groups in total. The van der Waals surface area contributed by atoms with Crippen molar-refractivity contribution in [3.8, 4) is 0 Å². The quantitative estimate of drug-likeness (QED) is 0.388. The van der Waals surface area contributed by atoms with E-state index in [1.165, 1.54) is 0 Å². The number of azide groups is 1. The number of likely N-dealkylation sites (tertiary alicyclic amines) is 1. The van der Waals surface area contributed by atoms with Gasteiger partial charge in [0, 0.05) is 11.5 Å². The van der Waals surface area contributed by atoms with Crippen LogP contribution in [0.15, 0.2) is 5.11 Å². The molecule has 0 aromatic heterocycles. The minimum atomic E-state index is -0.200. The molecule has 1 aliphatic rings. The summed E-state index contributed by atoms with van der Waals surface area (Å²) in [5.74, 6) is -0.200. The average molecular weight is 184 g/mol. The maximum Gasteiger partial charge on any atom is 0.228 e. The largest absolute Gasteiger partial charge is 0.394 e. The molecule has 0 aromatic rings.